The van der Waals surface area contributed by atoms with Crippen LogP contribution in [0.4, 0.5) is 0 Å². The molecule has 0 bridgehead atoms. The largest absolute Gasteiger partial charge is 0.351 e. The Kier molecular flexibility index (Phi) is 4.97. The lowest BCUT2D eigenvalue weighted by Crippen LogP contribution is -2.62. The van der Waals surface area contributed by atoms with Gasteiger partial charge >= 0.3 is 0 Å². The number of pyridine rings is 1. The molecule has 0 spiro atoms. The van der Waals surface area contributed by atoms with Crippen LogP contribution in [0.5, 0.6) is 0 Å². The highest BCUT2D eigenvalue weighted by atomic mass is 16.2. The third-order valence-corrected chi connectivity index (χ3v) is 5.01. The number of aromatic nitrogens is 1. The van der Waals surface area contributed by atoms with Gasteiger partial charge in [0.25, 0.3) is 5.91 Å². The first-order valence-electron chi connectivity index (χ1n) is 8.82. The van der Waals surface area contributed by atoms with Crippen LogP contribution in [0.3, 0.4) is 0 Å². The molecular formula is C19H25N3O2. The van der Waals surface area contributed by atoms with Gasteiger partial charge in [-0.3, -0.25) is 14.6 Å². The highest BCUT2D eigenvalue weighted by Gasteiger charge is 2.52. The van der Waals surface area contributed by atoms with Gasteiger partial charge < -0.3 is 10.2 Å². The van der Waals surface area contributed by atoms with Gasteiger partial charge in [-0.1, -0.05) is 25.3 Å². The molecule has 2 amide bonds. The summed E-state index contributed by atoms with van der Waals surface area (Å²) in [6.07, 6.45) is 11.4. The molecular weight excluding hydrogens is 302 g/mol. The van der Waals surface area contributed by atoms with E-state index in [1.165, 1.54) is 0 Å². The summed E-state index contributed by atoms with van der Waals surface area (Å²) in [7, 11) is 0. The van der Waals surface area contributed by atoms with Gasteiger partial charge in [0.05, 0.1) is 5.56 Å². The average Bonchev–Trinajstić information content (AvgIpc) is 3.46. The lowest BCUT2D eigenvalue weighted by molar-refractivity contribution is -0.134. The smallest absolute Gasteiger partial charge is 0.256 e. The molecule has 0 unspecified atom stereocenters. The van der Waals surface area contributed by atoms with E-state index in [0.717, 1.165) is 44.9 Å². The molecule has 24 heavy (non-hydrogen) atoms. The van der Waals surface area contributed by atoms with Crippen molar-refractivity contribution in [1.29, 1.82) is 0 Å². The molecule has 2 aliphatic carbocycles. The molecule has 2 fully saturated rings. The predicted molar refractivity (Wildman–Crippen MR) is 92.5 cm³/mol. The van der Waals surface area contributed by atoms with Gasteiger partial charge in [0, 0.05) is 25.0 Å². The molecule has 2 aliphatic rings. The normalized spacial score (nSPS) is 19.3. The summed E-state index contributed by atoms with van der Waals surface area (Å²) >= 11 is 0. The van der Waals surface area contributed by atoms with Crippen LogP contribution in [0.25, 0.3) is 0 Å². The second-order valence-corrected chi connectivity index (χ2v) is 6.74. The van der Waals surface area contributed by atoms with Crippen LogP contribution in [0, 0.1) is 0 Å². The second kappa shape index (κ2) is 7.16. The maximum absolute atomic E-state index is 13.2. The van der Waals surface area contributed by atoms with Crippen molar-refractivity contribution < 1.29 is 9.59 Å². The predicted octanol–water partition coefficient (Wildman–Crippen LogP) is 2.69. The van der Waals surface area contributed by atoms with E-state index in [9.17, 15) is 9.59 Å². The number of hydrogen-bond acceptors (Lipinski definition) is 3. The fourth-order valence-electron chi connectivity index (χ4n) is 3.71. The highest BCUT2D eigenvalue weighted by molar-refractivity contribution is 5.99. The molecule has 5 nitrogen and oxygen atoms in total. The molecule has 5 heteroatoms. The third-order valence-electron chi connectivity index (χ3n) is 5.01. The van der Waals surface area contributed by atoms with Gasteiger partial charge in [-0.2, -0.15) is 0 Å². The molecule has 0 saturated heterocycles. The molecule has 1 N–H and O–H groups in total. The van der Waals surface area contributed by atoms with E-state index in [0.29, 0.717) is 12.1 Å². The highest BCUT2D eigenvalue weighted by Crippen LogP contribution is 2.42. The van der Waals surface area contributed by atoms with Gasteiger partial charge in [0.2, 0.25) is 5.91 Å². The van der Waals surface area contributed by atoms with Gasteiger partial charge in [-0.15, -0.1) is 6.58 Å². The quantitative estimate of drug-likeness (QED) is 0.817. The lowest BCUT2D eigenvalue weighted by Gasteiger charge is -2.45. The number of amides is 2. The fourth-order valence-corrected chi connectivity index (χ4v) is 3.71. The Hall–Kier alpha value is -2.17. The van der Waals surface area contributed by atoms with Gasteiger partial charge in [-0.05, 0) is 37.8 Å². The Morgan fingerprint density at radius 1 is 1.33 bits per heavy atom. The van der Waals surface area contributed by atoms with E-state index in [1.54, 1.807) is 30.6 Å². The van der Waals surface area contributed by atoms with Crippen molar-refractivity contribution in [3.05, 3.63) is 42.7 Å². The van der Waals surface area contributed by atoms with E-state index >= 15 is 0 Å². The summed E-state index contributed by atoms with van der Waals surface area (Å²) in [6.45, 7) is 4.10. The molecule has 0 aliphatic heterocycles. The standard InChI is InChI=1S/C19H25N3O2/c1-2-12-21-18(24)19(10-4-3-5-11-19)22(16-8-9-16)17(23)15-7-6-13-20-14-15/h2,6-7,13-14,16H,1,3-5,8-12H2,(H,21,24). The third kappa shape index (κ3) is 3.21. The van der Waals surface area contributed by atoms with E-state index in [4.69, 9.17) is 0 Å². The topological polar surface area (TPSA) is 62.3 Å². The summed E-state index contributed by atoms with van der Waals surface area (Å²) in [5, 5.41) is 2.95. The Balaban J connectivity index is 1.94. The van der Waals surface area contributed by atoms with Crippen molar-refractivity contribution in [2.24, 2.45) is 0 Å². The van der Waals surface area contributed by atoms with Crippen molar-refractivity contribution >= 4 is 11.8 Å². The molecule has 0 aromatic carbocycles. The molecule has 3 rings (SSSR count). The number of nitrogens with one attached hydrogen (secondary N) is 1. The minimum absolute atomic E-state index is 0.0359. The second-order valence-electron chi connectivity index (χ2n) is 6.74. The van der Waals surface area contributed by atoms with Crippen molar-refractivity contribution in [1.82, 2.24) is 15.2 Å². The lowest BCUT2D eigenvalue weighted by atomic mass is 9.78. The van der Waals surface area contributed by atoms with Crippen molar-refractivity contribution in [3.63, 3.8) is 0 Å². The first-order chi connectivity index (χ1) is 11.7. The fraction of sp³-hybridized carbons (Fsp3) is 0.526. The maximum atomic E-state index is 13.2. The molecule has 1 heterocycles. The van der Waals surface area contributed by atoms with Crippen LogP contribution >= 0.6 is 0 Å². The van der Waals surface area contributed by atoms with Crippen LogP contribution in [0.15, 0.2) is 37.2 Å². The van der Waals surface area contributed by atoms with Crippen LogP contribution in [-0.4, -0.2) is 39.8 Å². The summed E-state index contributed by atoms with van der Waals surface area (Å²) in [5.41, 5.74) is -0.166. The molecule has 1 aromatic rings. The zero-order valence-corrected chi connectivity index (χ0v) is 14.0. The Labute approximate surface area is 143 Å². The minimum Gasteiger partial charge on any atom is -0.351 e. The van der Waals surface area contributed by atoms with Crippen molar-refractivity contribution in [3.8, 4) is 0 Å². The Bertz CT molecular complexity index is 604. The van der Waals surface area contributed by atoms with Gasteiger partial charge in [0.1, 0.15) is 5.54 Å². The monoisotopic (exact) mass is 327 g/mol. The summed E-state index contributed by atoms with van der Waals surface area (Å²) < 4.78 is 0. The number of carbonyl (C=O) groups excluding carboxylic acids is 2. The number of rotatable bonds is 6. The van der Waals surface area contributed by atoms with Crippen LogP contribution < -0.4 is 5.32 Å². The number of hydrogen-bond donors (Lipinski definition) is 1. The zero-order valence-electron chi connectivity index (χ0n) is 14.0. The van der Waals surface area contributed by atoms with E-state index in [2.05, 4.69) is 16.9 Å². The molecule has 0 radical (unpaired) electrons. The Morgan fingerprint density at radius 3 is 2.67 bits per heavy atom. The Morgan fingerprint density at radius 2 is 2.08 bits per heavy atom. The molecule has 0 atom stereocenters. The van der Waals surface area contributed by atoms with Gasteiger partial charge in [0.15, 0.2) is 0 Å². The van der Waals surface area contributed by atoms with Gasteiger partial charge in [-0.25, -0.2) is 0 Å². The van der Waals surface area contributed by atoms with Crippen molar-refractivity contribution in [2.75, 3.05) is 6.54 Å². The van der Waals surface area contributed by atoms with E-state index in [1.807, 2.05) is 4.90 Å². The van der Waals surface area contributed by atoms with Crippen LogP contribution in [0.2, 0.25) is 0 Å². The van der Waals surface area contributed by atoms with E-state index in [-0.39, 0.29) is 17.9 Å². The molecule has 128 valence electrons. The molecule has 2 saturated carbocycles. The minimum atomic E-state index is -0.727. The first kappa shape index (κ1) is 16.7. The number of nitrogens with zero attached hydrogens (tertiary/aromatic N) is 2. The first-order valence-corrected chi connectivity index (χ1v) is 8.82. The van der Waals surface area contributed by atoms with Crippen LogP contribution in [-0.2, 0) is 4.79 Å². The SMILES string of the molecule is C=CCNC(=O)C1(N(C(=O)c2cccnc2)C2CC2)CCCCC1. The summed E-state index contributed by atoms with van der Waals surface area (Å²) in [5.74, 6) is -0.104. The summed E-state index contributed by atoms with van der Waals surface area (Å²) in [6, 6.07) is 3.72. The van der Waals surface area contributed by atoms with Crippen molar-refractivity contribution in [2.45, 2.75) is 56.5 Å². The average molecular weight is 327 g/mol. The molecule has 1 aromatic heterocycles. The zero-order chi connectivity index (χ0) is 17.0. The maximum Gasteiger partial charge on any atom is 0.256 e. The van der Waals surface area contributed by atoms with E-state index < -0.39 is 5.54 Å². The number of carbonyl (C=O) groups is 2. The summed E-state index contributed by atoms with van der Waals surface area (Å²) in [4.78, 5) is 32.2. The van der Waals surface area contributed by atoms with Crippen LogP contribution in [0.1, 0.15) is 55.3 Å².